The van der Waals surface area contributed by atoms with Crippen LogP contribution >= 0.6 is 11.8 Å². The van der Waals surface area contributed by atoms with Crippen molar-refractivity contribution >= 4 is 11.8 Å². The van der Waals surface area contributed by atoms with E-state index in [4.69, 9.17) is 5.73 Å². The Labute approximate surface area is 80.9 Å². The Kier molecular flexibility index (Phi) is 6.90. The van der Waals surface area contributed by atoms with E-state index in [0.717, 1.165) is 6.54 Å². The molecule has 0 heterocycles. The molecular weight excluding hydrogens is 168 g/mol. The lowest BCUT2D eigenvalue weighted by Crippen LogP contribution is -2.43. The lowest BCUT2D eigenvalue weighted by atomic mass is 10.2. The lowest BCUT2D eigenvalue weighted by Gasteiger charge is -2.31. The molecule has 2 nitrogen and oxygen atoms in total. The molecule has 0 aromatic carbocycles. The maximum Gasteiger partial charge on any atom is 0.0190 e. The first kappa shape index (κ1) is 12.3. The van der Waals surface area contributed by atoms with E-state index in [9.17, 15) is 0 Å². The van der Waals surface area contributed by atoms with Crippen LogP contribution in [0.4, 0.5) is 0 Å². The fourth-order valence-corrected chi connectivity index (χ4v) is 2.10. The molecule has 0 radical (unpaired) electrons. The van der Waals surface area contributed by atoms with Gasteiger partial charge in [0.1, 0.15) is 0 Å². The van der Waals surface area contributed by atoms with Crippen molar-refractivity contribution in [1.82, 2.24) is 4.90 Å². The summed E-state index contributed by atoms with van der Waals surface area (Å²) in [5.41, 5.74) is 5.61. The van der Waals surface area contributed by atoms with Crippen LogP contribution in [-0.2, 0) is 0 Å². The quantitative estimate of drug-likeness (QED) is 0.686. The molecule has 0 aliphatic carbocycles. The summed E-state index contributed by atoms with van der Waals surface area (Å²) in [6, 6.07) is 1.18. The average Bonchev–Trinajstić information content (AvgIpc) is 2.11. The zero-order chi connectivity index (χ0) is 9.56. The van der Waals surface area contributed by atoms with Crippen molar-refractivity contribution in [2.45, 2.75) is 32.4 Å². The van der Waals surface area contributed by atoms with Gasteiger partial charge in [-0.15, -0.1) is 0 Å². The first-order valence-corrected chi connectivity index (χ1v) is 5.97. The fourth-order valence-electron chi connectivity index (χ4n) is 1.24. The van der Waals surface area contributed by atoms with Gasteiger partial charge in [-0.25, -0.2) is 0 Å². The minimum atomic E-state index is 0.502. The first-order valence-electron chi connectivity index (χ1n) is 4.58. The van der Waals surface area contributed by atoms with Gasteiger partial charge in [-0.1, -0.05) is 6.92 Å². The van der Waals surface area contributed by atoms with Crippen molar-refractivity contribution in [3.8, 4) is 0 Å². The maximum atomic E-state index is 5.61. The zero-order valence-corrected chi connectivity index (χ0v) is 9.53. The van der Waals surface area contributed by atoms with Crippen LogP contribution in [0.1, 0.15) is 20.3 Å². The minimum absolute atomic E-state index is 0.502. The highest BCUT2D eigenvalue weighted by Crippen LogP contribution is 2.10. The molecule has 3 heteroatoms. The fraction of sp³-hybridized carbons (Fsp3) is 1.00. The monoisotopic (exact) mass is 190 g/mol. The summed E-state index contributed by atoms with van der Waals surface area (Å²) < 4.78 is 0. The van der Waals surface area contributed by atoms with Gasteiger partial charge in [-0.2, -0.15) is 11.8 Å². The number of rotatable bonds is 6. The normalized spacial score (nSPS) is 16.5. The molecule has 0 rings (SSSR count). The smallest absolute Gasteiger partial charge is 0.0190 e. The van der Waals surface area contributed by atoms with E-state index in [1.807, 2.05) is 11.8 Å². The Morgan fingerprint density at radius 2 is 2.08 bits per heavy atom. The number of hydrogen-bond acceptors (Lipinski definition) is 3. The Morgan fingerprint density at radius 3 is 2.42 bits per heavy atom. The molecule has 12 heavy (non-hydrogen) atoms. The van der Waals surface area contributed by atoms with Gasteiger partial charge in [0, 0.05) is 24.4 Å². The zero-order valence-electron chi connectivity index (χ0n) is 8.71. The van der Waals surface area contributed by atoms with Gasteiger partial charge < -0.3 is 5.73 Å². The summed E-state index contributed by atoms with van der Waals surface area (Å²) in [5, 5.41) is 0. The number of likely N-dealkylation sites (N-methyl/N-ethyl adjacent to an activating group) is 1. The molecule has 0 spiro atoms. The maximum absolute atomic E-state index is 5.61. The Balaban J connectivity index is 3.91. The van der Waals surface area contributed by atoms with Gasteiger partial charge in [0.15, 0.2) is 0 Å². The summed E-state index contributed by atoms with van der Waals surface area (Å²) in [5.74, 6) is 1.21. The third-order valence-corrected chi connectivity index (χ3v) is 3.16. The van der Waals surface area contributed by atoms with E-state index < -0.39 is 0 Å². The van der Waals surface area contributed by atoms with Crippen molar-refractivity contribution < 1.29 is 0 Å². The summed E-state index contributed by atoms with van der Waals surface area (Å²) in [6.45, 7) is 5.17. The van der Waals surface area contributed by atoms with Crippen LogP contribution in [0, 0.1) is 0 Å². The molecule has 0 aromatic rings. The largest absolute Gasteiger partial charge is 0.329 e. The molecule has 0 fully saturated rings. The second kappa shape index (κ2) is 6.75. The van der Waals surface area contributed by atoms with E-state index in [2.05, 4.69) is 32.1 Å². The molecule has 0 aliphatic rings. The van der Waals surface area contributed by atoms with Gasteiger partial charge >= 0.3 is 0 Å². The molecule has 0 aromatic heterocycles. The summed E-state index contributed by atoms with van der Waals surface area (Å²) in [7, 11) is 2.17. The topological polar surface area (TPSA) is 29.3 Å². The van der Waals surface area contributed by atoms with Gasteiger partial charge in [0.05, 0.1) is 0 Å². The SMILES string of the molecule is CCC(CSC)N(C)C(C)CN. The highest BCUT2D eigenvalue weighted by atomic mass is 32.2. The van der Waals surface area contributed by atoms with Crippen molar-refractivity contribution in [2.75, 3.05) is 25.6 Å². The Hall–Kier alpha value is 0.270. The number of hydrogen-bond donors (Lipinski definition) is 1. The van der Waals surface area contributed by atoms with Crippen molar-refractivity contribution in [3.63, 3.8) is 0 Å². The van der Waals surface area contributed by atoms with Gasteiger partial charge in [-0.3, -0.25) is 4.90 Å². The van der Waals surface area contributed by atoms with Crippen LogP contribution in [0.5, 0.6) is 0 Å². The second-order valence-electron chi connectivity index (χ2n) is 3.27. The standard InChI is InChI=1S/C9H22N2S/c1-5-9(7-12-4)11(3)8(2)6-10/h8-9H,5-7,10H2,1-4H3. The average molecular weight is 190 g/mol. The molecule has 74 valence electrons. The van der Waals surface area contributed by atoms with Crippen LogP contribution in [0.2, 0.25) is 0 Å². The van der Waals surface area contributed by atoms with Gasteiger partial charge in [0.2, 0.25) is 0 Å². The predicted molar refractivity (Wildman–Crippen MR) is 58.7 cm³/mol. The molecule has 0 saturated heterocycles. The molecular formula is C9H22N2S. The van der Waals surface area contributed by atoms with E-state index in [-0.39, 0.29) is 0 Å². The molecule has 2 unspecified atom stereocenters. The molecule has 2 atom stereocenters. The van der Waals surface area contributed by atoms with E-state index >= 15 is 0 Å². The highest BCUT2D eigenvalue weighted by molar-refractivity contribution is 7.98. The van der Waals surface area contributed by atoms with Crippen molar-refractivity contribution in [3.05, 3.63) is 0 Å². The Bertz CT molecular complexity index is 109. The van der Waals surface area contributed by atoms with Crippen LogP contribution in [0.15, 0.2) is 0 Å². The third-order valence-electron chi connectivity index (χ3n) is 2.44. The number of thioether (sulfide) groups is 1. The summed E-state index contributed by atoms with van der Waals surface area (Å²) >= 11 is 1.91. The molecule has 0 aliphatic heterocycles. The van der Waals surface area contributed by atoms with Crippen LogP contribution < -0.4 is 5.73 Å². The van der Waals surface area contributed by atoms with E-state index in [1.165, 1.54) is 12.2 Å². The van der Waals surface area contributed by atoms with E-state index in [0.29, 0.717) is 12.1 Å². The molecule has 0 bridgehead atoms. The van der Waals surface area contributed by atoms with Crippen LogP contribution in [0.3, 0.4) is 0 Å². The van der Waals surface area contributed by atoms with E-state index in [1.54, 1.807) is 0 Å². The number of nitrogens with two attached hydrogens (primary N) is 1. The summed E-state index contributed by atoms with van der Waals surface area (Å²) in [4.78, 5) is 2.39. The first-order chi connectivity index (χ1) is 5.67. The minimum Gasteiger partial charge on any atom is -0.329 e. The molecule has 0 amide bonds. The highest BCUT2D eigenvalue weighted by Gasteiger charge is 2.16. The van der Waals surface area contributed by atoms with Crippen molar-refractivity contribution in [2.24, 2.45) is 5.73 Å². The van der Waals surface area contributed by atoms with Gasteiger partial charge in [0.25, 0.3) is 0 Å². The predicted octanol–water partition coefficient (Wildman–Crippen LogP) is 1.41. The lowest BCUT2D eigenvalue weighted by molar-refractivity contribution is 0.199. The summed E-state index contributed by atoms with van der Waals surface area (Å²) in [6.07, 6.45) is 3.37. The second-order valence-corrected chi connectivity index (χ2v) is 4.18. The third kappa shape index (κ3) is 3.78. The van der Waals surface area contributed by atoms with Crippen molar-refractivity contribution in [1.29, 1.82) is 0 Å². The Morgan fingerprint density at radius 1 is 1.50 bits per heavy atom. The van der Waals surface area contributed by atoms with Crippen LogP contribution in [-0.4, -0.2) is 42.6 Å². The number of nitrogens with zero attached hydrogens (tertiary/aromatic N) is 1. The molecule has 0 saturated carbocycles. The molecule has 2 N–H and O–H groups in total. The van der Waals surface area contributed by atoms with Gasteiger partial charge in [-0.05, 0) is 26.6 Å². The van der Waals surface area contributed by atoms with Crippen LogP contribution in [0.25, 0.3) is 0 Å².